The summed E-state index contributed by atoms with van der Waals surface area (Å²) in [6.45, 7) is 3.24. The van der Waals surface area contributed by atoms with Gasteiger partial charge in [0.15, 0.2) is 0 Å². The summed E-state index contributed by atoms with van der Waals surface area (Å²) >= 11 is 0. The monoisotopic (exact) mass is 246 g/mol. The van der Waals surface area contributed by atoms with Gasteiger partial charge >= 0.3 is 0 Å². The average molecular weight is 246 g/mol. The molecular weight excluding hydrogens is 224 g/mol. The predicted molar refractivity (Wildman–Crippen MR) is 73.3 cm³/mol. The Morgan fingerprint density at radius 3 is 2.83 bits per heavy atom. The van der Waals surface area contributed by atoms with E-state index in [1.807, 2.05) is 6.07 Å². The number of aryl methyl sites for hydroxylation is 1. The fraction of sp³-hybridized carbons (Fsp3) is 0.533. The summed E-state index contributed by atoms with van der Waals surface area (Å²) < 4.78 is 0. The quantitative estimate of drug-likeness (QED) is 0.835. The maximum absolute atomic E-state index is 11.7. The lowest BCUT2D eigenvalue weighted by atomic mass is 10.1. The number of carbonyl (C=O) groups is 1. The Bertz CT molecular complexity index is 397. The molecule has 1 fully saturated rings. The lowest BCUT2D eigenvalue weighted by Crippen LogP contribution is -2.38. The van der Waals surface area contributed by atoms with Crippen molar-refractivity contribution in [2.45, 2.75) is 45.2 Å². The minimum atomic E-state index is 0.120. The summed E-state index contributed by atoms with van der Waals surface area (Å²) in [4.78, 5) is 11.7. The van der Waals surface area contributed by atoms with E-state index in [0.717, 1.165) is 19.4 Å². The molecule has 3 heteroatoms. The first-order chi connectivity index (χ1) is 8.74. The van der Waals surface area contributed by atoms with Gasteiger partial charge < -0.3 is 10.6 Å². The topological polar surface area (TPSA) is 41.1 Å². The zero-order valence-corrected chi connectivity index (χ0v) is 11.0. The van der Waals surface area contributed by atoms with E-state index in [9.17, 15) is 4.79 Å². The number of hydrogen-bond acceptors (Lipinski definition) is 2. The number of carbonyl (C=O) groups excluding carboxylic acids is 1. The van der Waals surface area contributed by atoms with Crippen LogP contribution in [0.3, 0.4) is 0 Å². The molecule has 18 heavy (non-hydrogen) atoms. The Morgan fingerprint density at radius 1 is 1.33 bits per heavy atom. The van der Waals surface area contributed by atoms with Gasteiger partial charge in [-0.3, -0.25) is 4.79 Å². The zero-order valence-electron chi connectivity index (χ0n) is 11.0. The standard InChI is InChI=1S/C15H22N2O/c1-12-5-4-6-13(9-12)10-16-11-15(18)17-14-7-2-3-8-14/h4-6,9,14,16H,2-3,7-8,10-11H2,1H3,(H,17,18). The molecule has 0 aliphatic heterocycles. The van der Waals surface area contributed by atoms with E-state index in [4.69, 9.17) is 0 Å². The van der Waals surface area contributed by atoms with Gasteiger partial charge in [0.05, 0.1) is 6.54 Å². The van der Waals surface area contributed by atoms with Crippen LogP contribution in [0.2, 0.25) is 0 Å². The normalized spacial score (nSPS) is 15.8. The number of nitrogens with one attached hydrogen (secondary N) is 2. The third kappa shape index (κ3) is 4.15. The van der Waals surface area contributed by atoms with Gasteiger partial charge in [-0.1, -0.05) is 42.7 Å². The molecule has 0 saturated heterocycles. The molecule has 1 aliphatic rings. The Balaban J connectivity index is 1.66. The van der Waals surface area contributed by atoms with E-state index >= 15 is 0 Å². The first-order valence-corrected chi connectivity index (χ1v) is 6.79. The Hall–Kier alpha value is -1.35. The minimum Gasteiger partial charge on any atom is -0.352 e. The van der Waals surface area contributed by atoms with E-state index in [1.54, 1.807) is 0 Å². The number of benzene rings is 1. The molecule has 0 heterocycles. The molecule has 0 bridgehead atoms. The van der Waals surface area contributed by atoms with E-state index in [2.05, 4.69) is 35.8 Å². The molecule has 98 valence electrons. The van der Waals surface area contributed by atoms with Crippen LogP contribution < -0.4 is 10.6 Å². The van der Waals surface area contributed by atoms with Crippen molar-refractivity contribution in [2.75, 3.05) is 6.54 Å². The third-order valence-electron chi connectivity index (χ3n) is 3.42. The molecule has 1 aromatic carbocycles. The summed E-state index contributed by atoms with van der Waals surface area (Å²) in [5.41, 5.74) is 2.48. The first-order valence-electron chi connectivity index (χ1n) is 6.79. The molecule has 0 aromatic heterocycles. The van der Waals surface area contributed by atoms with Crippen LogP contribution in [0, 0.1) is 6.92 Å². The SMILES string of the molecule is Cc1cccc(CNCC(=O)NC2CCCC2)c1. The summed E-state index contributed by atoms with van der Waals surface area (Å²) in [6.07, 6.45) is 4.79. The second kappa shape index (κ2) is 6.55. The van der Waals surface area contributed by atoms with Crippen LogP contribution in [-0.4, -0.2) is 18.5 Å². The van der Waals surface area contributed by atoms with Crippen LogP contribution in [0.25, 0.3) is 0 Å². The largest absolute Gasteiger partial charge is 0.352 e. The van der Waals surface area contributed by atoms with Crippen LogP contribution in [0.15, 0.2) is 24.3 Å². The van der Waals surface area contributed by atoms with Crippen molar-refractivity contribution in [3.8, 4) is 0 Å². The maximum Gasteiger partial charge on any atom is 0.234 e. The fourth-order valence-electron chi connectivity index (χ4n) is 2.49. The Morgan fingerprint density at radius 2 is 2.11 bits per heavy atom. The molecule has 0 unspecified atom stereocenters. The van der Waals surface area contributed by atoms with Crippen molar-refractivity contribution in [2.24, 2.45) is 0 Å². The van der Waals surface area contributed by atoms with E-state index in [1.165, 1.54) is 24.0 Å². The van der Waals surface area contributed by atoms with E-state index < -0.39 is 0 Å². The highest BCUT2D eigenvalue weighted by Gasteiger charge is 2.16. The zero-order chi connectivity index (χ0) is 12.8. The fourth-order valence-corrected chi connectivity index (χ4v) is 2.49. The highest BCUT2D eigenvalue weighted by molar-refractivity contribution is 5.78. The molecule has 0 atom stereocenters. The van der Waals surface area contributed by atoms with Gasteiger partial charge in [0.25, 0.3) is 0 Å². The molecule has 1 aliphatic carbocycles. The smallest absolute Gasteiger partial charge is 0.234 e. The van der Waals surface area contributed by atoms with Crippen molar-refractivity contribution < 1.29 is 4.79 Å². The Kier molecular flexibility index (Phi) is 4.76. The summed E-state index contributed by atoms with van der Waals surface area (Å²) in [7, 11) is 0. The molecule has 1 aromatic rings. The minimum absolute atomic E-state index is 0.120. The van der Waals surface area contributed by atoms with Crippen molar-refractivity contribution in [3.63, 3.8) is 0 Å². The molecule has 0 radical (unpaired) electrons. The van der Waals surface area contributed by atoms with Crippen LogP contribution >= 0.6 is 0 Å². The van der Waals surface area contributed by atoms with Crippen LogP contribution in [0.4, 0.5) is 0 Å². The van der Waals surface area contributed by atoms with Gasteiger partial charge in [0.2, 0.25) is 5.91 Å². The molecular formula is C15H22N2O. The Labute approximate surface area is 109 Å². The third-order valence-corrected chi connectivity index (χ3v) is 3.42. The van der Waals surface area contributed by atoms with Crippen molar-refractivity contribution >= 4 is 5.91 Å². The van der Waals surface area contributed by atoms with Crippen molar-refractivity contribution in [3.05, 3.63) is 35.4 Å². The van der Waals surface area contributed by atoms with E-state index in [-0.39, 0.29) is 5.91 Å². The van der Waals surface area contributed by atoms with Crippen LogP contribution in [-0.2, 0) is 11.3 Å². The summed E-state index contributed by atoms with van der Waals surface area (Å²) in [5, 5.41) is 6.27. The van der Waals surface area contributed by atoms with Gasteiger partial charge in [-0.25, -0.2) is 0 Å². The summed E-state index contributed by atoms with van der Waals surface area (Å²) in [6, 6.07) is 8.76. The highest BCUT2D eigenvalue weighted by Crippen LogP contribution is 2.17. The lowest BCUT2D eigenvalue weighted by Gasteiger charge is -2.12. The molecule has 1 amide bonds. The maximum atomic E-state index is 11.7. The van der Waals surface area contributed by atoms with Gasteiger partial charge in [-0.2, -0.15) is 0 Å². The molecule has 2 rings (SSSR count). The second-order valence-electron chi connectivity index (χ2n) is 5.14. The van der Waals surface area contributed by atoms with Crippen molar-refractivity contribution in [1.82, 2.24) is 10.6 Å². The molecule has 0 spiro atoms. The average Bonchev–Trinajstić information content (AvgIpc) is 2.82. The number of hydrogen-bond donors (Lipinski definition) is 2. The molecule has 3 nitrogen and oxygen atoms in total. The van der Waals surface area contributed by atoms with Gasteiger partial charge in [0, 0.05) is 12.6 Å². The second-order valence-corrected chi connectivity index (χ2v) is 5.14. The van der Waals surface area contributed by atoms with Crippen molar-refractivity contribution in [1.29, 1.82) is 0 Å². The van der Waals surface area contributed by atoms with Crippen LogP contribution in [0.1, 0.15) is 36.8 Å². The van der Waals surface area contributed by atoms with E-state index in [0.29, 0.717) is 12.6 Å². The summed E-state index contributed by atoms with van der Waals surface area (Å²) in [5.74, 6) is 0.120. The number of amides is 1. The van der Waals surface area contributed by atoms with Gasteiger partial charge in [-0.15, -0.1) is 0 Å². The lowest BCUT2D eigenvalue weighted by molar-refractivity contribution is -0.120. The molecule has 1 saturated carbocycles. The van der Waals surface area contributed by atoms with Gasteiger partial charge in [0.1, 0.15) is 0 Å². The number of rotatable bonds is 5. The predicted octanol–water partition coefficient (Wildman–Crippen LogP) is 2.14. The van der Waals surface area contributed by atoms with Gasteiger partial charge in [-0.05, 0) is 25.3 Å². The molecule has 2 N–H and O–H groups in total. The highest BCUT2D eigenvalue weighted by atomic mass is 16.1. The van der Waals surface area contributed by atoms with Crippen LogP contribution in [0.5, 0.6) is 0 Å². The first kappa shape index (κ1) is 13.1.